The number of carbonyl (C=O) groups excluding carboxylic acids is 2. The minimum atomic E-state index is -0.388. The lowest BCUT2D eigenvalue weighted by atomic mass is 10.2. The molecule has 0 aliphatic heterocycles. The molecule has 7 heteroatoms. The van der Waals surface area contributed by atoms with Crippen molar-refractivity contribution in [3.63, 3.8) is 0 Å². The summed E-state index contributed by atoms with van der Waals surface area (Å²) in [6.07, 6.45) is 3.16. The second-order valence-corrected chi connectivity index (χ2v) is 6.32. The molecule has 0 saturated carbocycles. The number of amides is 1. The summed E-state index contributed by atoms with van der Waals surface area (Å²) in [5, 5.41) is 6.99. The Morgan fingerprint density at radius 3 is 2.42 bits per heavy atom. The van der Waals surface area contributed by atoms with Crippen molar-refractivity contribution in [2.75, 3.05) is 11.9 Å². The fourth-order valence-electron chi connectivity index (χ4n) is 2.28. The first-order valence-electron chi connectivity index (χ1n) is 7.96. The van der Waals surface area contributed by atoms with Crippen LogP contribution in [0.15, 0.2) is 65.4 Å². The van der Waals surface area contributed by atoms with Gasteiger partial charge in [0.05, 0.1) is 29.6 Å². The molecular formula is C19H16BrN3O3. The van der Waals surface area contributed by atoms with E-state index in [1.54, 1.807) is 42.1 Å². The van der Waals surface area contributed by atoms with E-state index in [9.17, 15) is 9.59 Å². The van der Waals surface area contributed by atoms with Crippen LogP contribution in [-0.2, 0) is 4.74 Å². The Balaban J connectivity index is 1.68. The van der Waals surface area contributed by atoms with Gasteiger partial charge in [0.1, 0.15) is 0 Å². The largest absolute Gasteiger partial charge is 0.462 e. The molecule has 0 saturated heterocycles. The van der Waals surface area contributed by atoms with Gasteiger partial charge in [-0.05, 0) is 55.5 Å². The number of benzene rings is 2. The second kappa shape index (κ2) is 7.97. The van der Waals surface area contributed by atoms with Crippen molar-refractivity contribution in [3.05, 3.63) is 76.5 Å². The summed E-state index contributed by atoms with van der Waals surface area (Å²) < 4.78 is 7.53. The quantitative estimate of drug-likeness (QED) is 0.639. The summed E-state index contributed by atoms with van der Waals surface area (Å²) in [4.78, 5) is 24.0. The highest BCUT2D eigenvalue weighted by atomic mass is 79.9. The van der Waals surface area contributed by atoms with E-state index in [1.807, 2.05) is 24.3 Å². The molecule has 1 amide bonds. The molecule has 0 aliphatic rings. The molecule has 0 unspecified atom stereocenters. The van der Waals surface area contributed by atoms with Crippen molar-refractivity contribution in [3.8, 4) is 5.69 Å². The Morgan fingerprint density at radius 1 is 1.08 bits per heavy atom. The smallest absolute Gasteiger partial charge is 0.338 e. The lowest BCUT2D eigenvalue weighted by Gasteiger charge is -2.05. The van der Waals surface area contributed by atoms with E-state index < -0.39 is 0 Å². The van der Waals surface area contributed by atoms with Gasteiger partial charge in [-0.2, -0.15) is 5.10 Å². The molecule has 2 aromatic carbocycles. The van der Waals surface area contributed by atoms with Gasteiger partial charge >= 0.3 is 5.97 Å². The Morgan fingerprint density at radius 2 is 1.77 bits per heavy atom. The van der Waals surface area contributed by atoms with Gasteiger partial charge in [0.25, 0.3) is 5.91 Å². The van der Waals surface area contributed by atoms with Gasteiger partial charge in [-0.3, -0.25) is 4.79 Å². The minimum absolute atomic E-state index is 0.280. The topological polar surface area (TPSA) is 73.2 Å². The van der Waals surface area contributed by atoms with Gasteiger partial charge in [-0.25, -0.2) is 9.48 Å². The van der Waals surface area contributed by atoms with Crippen molar-refractivity contribution in [1.29, 1.82) is 0 Å². The van der Waals surface area contributed by atoms with Gasteiger partial charge in [-0.15, -0.1) is 0 Å². The highest BCUT2D eigenvalue weighted by Crippen LogP contribution is 2.15. The molecule has 0 radical (unpaired) electrons. The number of hydrogen-bond acceptors (Lipinski definition) is 4. The molecule has 0 bridgehead atoms. The van der Waals surface area contributed by atoms with Gasteiger partial charge in [-0.1, -0.05) is 15.9 Å². The van der Waals surface area contributed by atoms with Crippen LogP contribution in [0.2, 0.25) is 0 Å². The zero-order valence-electron chi connectivity index (χ0n) is 14.0. The van der Waals surface area contributed by atoms with Crippen LogP contribution in [0.1, 0.15) is 27.6 Å². The molecule has 0 spiro atoms. The maximum absolute atomic E-state index is 12.4. The number of nitrogens with one attached hydrogen (secondary N) is 1. The summed E-state index contributed by atoms with van der Waals surface area (Å²) in [6, 6.07) is 14.1. The molecule has 26 heavy (non-hydrogen) atoms. The molecule has 1 aromatic heterocycles. The molecule has 3 aromatic rings. The van der Waals surface area contributed by atoms with E-state index >= 15 is 0 Å². The molecule has 1 N–H and O–H groups in total. The number of anilines is 1. The van der Waals surface area contributed by atoms with Crippen LogP contribution in [0.25, 0.3) is 5.69 Å². The van der Waals surface area contributed by atoms with Crippen LogP contribution in [0, 0.1) is 0 Å². The molecule has 3 rings (SSSR count). The third kappa shape index (κ3) is 4.18. The predicted octanol–water partition coefficient (Wildman–Crippen LogP) is 4.06. The van der Waals surface area contributed by atoms with E-state index in [0.29, 0.717) is 23.4 Å². The predicted molar refractivity (Wildman–Crippen MR) is 102 cm³/mol. The van der Waals surface area contributed by atoms with Crippen molar-refractivity contribution in [2.24, 2.45) is 0 Å². The first kappa shape index (κ1) is 17.9. The Hall–Kier alpha value is -2.93. The number of aromatic nitrogens is 2. The Labute approximate surface area is 158 Å². The number of carbonyl (C=O) groups is 2. The number of hydrogen-bond donors (Lipinski definition) is 1. The molecular weight excluding hydrogens is 398 g/mol. The summed E-state index contributed by atoms with van der Waals surface area (Å²) in [5.41, 5.74) is 2.31. The highest BCUT2D eigenvalue weighted by Gasteiger charge is 2.11. The third-order valence-corrected chi connectivity index (χ3v) is 4.12. The van der Waals surface area contributed by atoms with E-state index in [1.165, 1.54) is 6.20 Å². The number of ether oxygens (including phenoxy) is 1. The Kier molecular flexibility index (Phi) is 5.48. The molecule has 0 fully saturated rings. The summed E-state index contributed by atoms with van der Waals surface area (Å²) in [6.45, 7) is 2.07. The number of nitrogens with zero attached hydrogens (tertiary/aromatic N) is 2. The van der Waals surface area contributed by atoms with E-state index in [0.717, 1.165) is 10.2 Å². The highest BCUT2D eigenvalue weighted by molar-refractivity contribution is 9.10. The fraction of sp³-hybridized carbons (Fsp3) is 0.105. The maximum Gasteiger partial charge on any atom is 0.338 e. The molecule has 1 heterocycles. The van der Waals surface area contributed by atoms with Crippen LogP contribution in [-0.4, -0.2) is 28.3 Å². The number of esters is 1. The first-order valence-corrected chi connectivity index (χ1v) is 8.75. The number of rotatable bonds is 5. The van der Waals surface area contributed by atoms with E-state index in [4.69, 9.17) is 4.74 Å². The minimum Gasteiger partial charge on any atom is -0.462 e. The first-order chi connectivity index (χ1) is 12.6. The van der Waals surface area contributed by atoms with Crippen LogP contribution >= 0.6 is 15.9 Å². The molecule has 0 atom stereocenters. The van der Waals surface area contributed by atoms with Crippen LogP contribution in [0.4, 0.5) is 5.69 Å². The monoisotopic (exact) mass is 413 g/mol. The molecule has 0 aliphatic carbocycles. The van der Waals surface area contributed by atoms with Crippen molar-refractivity contribution in [2.45, 2.75) is 6.92 Å². The van der Waals surface area contributed by atoms with Crippen molar-refractivity contribution in [1.82, 2.24) is 9.78 Å². The lowest BCUT2D eigenvalue weighted by molar-refractivity contribution is 0.0526. The zero-order chi connectivity index (χ0) is 18.5. The van der Waals surface area contributed by atoms with Gasteiger partial charge in [0.2, 0.25) is 0 Å². The molecule has 6 nitrogen and oxygen atoms in total. The maximum atomic E-state index is 12.4. The lowest BCUT2D eigenvalue weighted by Crippen LogP contribution is -2.11. The normalized spacial score (nSPS) is 10.4. The Bertz CT molecular complexity index is 918. The van der Waals surface area contributed by atoms with Gasteiger partial charge < -0.3 is 10.1 Å². The van der Waals surface area contributed by atoms with Crippen LogP contribution in [0.5, 0.6) is 0 Å². The second-order valence-electron chi connectivity index (χ2n) is 5.40. The SMILES string of the molecule is CCOC(=O)c1ccc(NC(=O)c2cnn(-c3ccc(Br)cc3)c2)cc1. The van der Waals surface area contributed by atoms with E-state index in [-0.39, 0.29) is 11.9 Å². The van der Waals surface area contributed by atoms with Crippen LogP contribution < -0.4 is 5.32 Å². The van der Waals surface area contributed by atoms with Crippen LogP contribution in [0.3, 0.4) is 0 Å². The van der Waals surface area contributed by atoms with E-state index in [2.05, 4.69) is 26.3 Å². The average Bonchev–Trinajstić information content (AvgIpc) is 3.13. The van der Waals surface area contributed by atoms with Crippen molar-refractivity contribution >= 4 is 33.5 Å². The van der Waals surface area contributed by atoms with Gasteiger partial charge in [0, 0.05) is 16.4 Å². The zero-order valence-corrected chi connectivity index (χ0v) is 15.6. The van der Waals surface area contributed by atoms with Gasteiger partial charge in [0.15, 0.2) is 0 Å². The van der Waals surface area contributed by atoms with Crippen molar-refractivity contribution < 1.29 is 14.3 Å². The number of halogens is 1. The summed E-state index contributed by atoms with van der Waals surface area (Å²) >= 11 is 3.38. The average molecular weight is 414 g/mol. The third-order valence-electron chi connectivity index (χ3n) is 3.59. The summed E-state index contributed by atoms with van der Waals surface area (Å²) in [5.74, 6) is -0.668. The summed E-state index contributed by atoms with van der Waals surface area (Å²) in [7, 11) is 0. The standard InChI is InChI=1S/C19H16BrN3O3/c1-2-26-19(25)13-3-7-16(8-4-13)22-18(24)14-11-21-23(12-14)17-9-5-15(20)6-10-17/h3-12H,2H2,1H3,(H,22,24). The fourth-order valence-corrected chi connectivity index (χ4v) is 2.55. The molecule has 132 valence electrons.